The Bertz CT molecular complexity index is 313. The minimum absolute atomic E-state index is 0.347. The summed E-state index contributed by atoms with van der Waals surface area (Å²) in [7, 11) is 3.63. The molecule has 0 bridgehead atoms. The van der Waals surface area contributed by atoms with Crippen molar-refractivity contribution in [1.29, 1.82) is 0 Å². The van der Waals surface area contributed by atoms with Gasteiger partial charge >= 0.3 is 0 Å². The number of ether oxygens (including phenoxy) is 1. The summed E-state index contributed by atoms with van der Waals surface area (Å²) in [6, 6.07) is 2.41. The van der Waals surface area contributed by atoms with E-state index in [9.17, 15) is 0 Å². The molecule has 0 aliphatic rings. The van der Waals surface area contributed by atoms with Gasteiger partial charge in [0, 0.05) is 22.7 Å². The van der Waals surface area contributed by atoms with Gasteiger partial charge in [-0.05, 0) is 19.5 Å². The van der Waals surface area contributed by atoms with Crippen molar-refractivity contribution in [2.24, 2.45) is 0 Å². The van der Waals surface area contributed by atoms with Crippen molar-refractivity contribution < 1.29 is 4.74 Å². The summed E-state index contributed by atoms with van der Waals surface area (Å²) in [5.74, 6) is 3.58. The highest BCUT2D eigenvalue weighted by Gasteiger charge is 2.10. The van der Waals surface area contributed by atoms with Crippen LogP contribution in [-0.2, 0) is 0 Å². The molecule has 0 radical (unpaired) electrons. The average molecular weight is 209 g/mol. The molecule has 2 nitrogen and oxygen atoms in total. The van der Waals surface area contributed by atoms with Crippen molar-refractivity contribution in [1.82, 2.24) is 5.32 Å². The second-order valence-corrected chi connectivity index (χ2v) is 3.92. The smallest absolute Gasteiger partial charge is 0.129 e. The Morgan fingerprint density at radius 1 is 1.71 bits per heavy atom. The molecule has 1 aromatic rings. The molecular formula is C11H15NOS. The molecule has 0 aromatic carbocycles. The molecule has 1 aromatic heterocycles. The lowest BCUT2D eigenvalue weighted by Gasteiger charge is -2.11. The van der Waals surface area contributed by atoms with E-state index in [1.807, 2.05) is 12.4 Å². The molecule has 0 aliphatic carbocycles. The fourth-order valence-corrected chi connectivity index (χ4v) is 2.28. The zero-order chi connectivity index (χ0) is 10.4. The van der Waals surface area contributed by atoms with Gasteiger partial charge in [0.25, 0.3) is 0 Å². The molecular weight excluding hydrogens is 194 g/mol. The van der Waals surface area contributed by atoms with E-state index in [0.29, 0.717) is 6.04 Å². The van der Waals surface area contributed by atoms with Gasteiger partial charge in [-0.1, -0.05) is 0 Å². The lowest BCUT2D eigenvalue weighted by molar-refractivity contribution is 0.415. The van der Waals surface area contributed by atoms with Crippen molar-refractivity contribution >= 4 is 11.3 Å². The van der Waals surface area contributed by atoms with Crippen LogP contribution in [0.3, 0.4) is 0 Å². The summed E-state index contributed by atoms with van der Waals surface area (Å²) in [6.45, 7) is 0. The minimum Gasteiger partial charge on any atom is -0.496 e. The Morgan fingerprint density at radius 3 is 3.00 bits per heavy atom. The first-order chi connectivity index (χ1) is 6.81. The molecule has 1 rings (SSSR count). The molecule has 14 heavy (non-hydrogen) atoms. The Kier molecular flexibility index (Phi) is 4.51. The largest absolute Gasteiger partial charge is 0.496 e. The maximum Gasteiger partial charge on any atom is 0.129 e. The van der Waals surface area contributed by atoms with Crippen molar-refractivity contribution in [3.8, 4) is 18.1 Å². The topological polar surface area (TPSA) is 21.3 Å². The molecule has 0 saturated carbocycles. The van der Waals surface area contributed by atoms with Gasteiger partial charge in [0.15, 0.2) is 0 Å². The van der Waals surface area contributed by atoms with Crippen LogP contribution in [0.4, 0.5) is 0 Å². The first-order valence-corrected chi connectivity index (χ1v) is 5.43. The second-order valence-electron chi connectivity index (χ2n) is 2.97. The van der Waals surface area contributed by atoms with Gasteiger partial charge in [0.05, 0.1) is 7.11 Å². The molecule has 76 valence electrons. The quantitative estimate of drug-likeness (QED) is 0.752. The van der Waals surface area contributed by atoms with Crippen LogP contribution in [-0.4, -0.2) is 14.2 Å². The third-order valence-electron chi connectivity index (χ3n) is 2.10. The van der Waals surface area contributed by atoms with Gasteiger partial charge in [-0.3, -0.25) is 0 Å². The average Bonchev–Trinajstić information content (AvgIpc) is 2.68. The minimum atomic E-state index is 0.347. The van der Waals surface area contributed by atoms with E-state index >= 15 is 0 Å². The first-order valence-electron chi connectivity index (χ1n) is 4.55. The Labute approximate surface area is 89.3 Å². The molecule has 0 aliphatic heterocycles. The van der Waals surface area contributed by atoms with Crippen LogP contribution >= 0.6 is 11.3 Å². The Morgan fingerprint density at radius 2 is 2.50 bits per heavy atom. The van der Waals surface area contributed by atoms with Crippen LogP contribution in [0.5, 0.6) is 5.75 Å². The fraction of sp³-hybridized carbons (Fsp3) is 0.455. The van der Waals surface area contributed by atoms with Gasteiger partial charge < -0.3 is 10.1 Å². The van der Waals surface area contributed by atoms with Crippen LogP contribution < -0.4 is 10.1 Å². The van der Waals surface area contributed by atoms with Crippen LogP contribution in [0.25, 0.3) is 0 Å². The molecule has 3 heteroatoms. The van der Waals surface area contributed by atoms with Crippen LogP contribution in [0.15, 0.2) is 11.4 Å². The van der Waals surface area contributed by atoms with Crippen molar-refractivity contribution in [3.05, 3.63) is 16.3 Å². The first kappa shape index (κ1) is 11.1. The normalized spacial score (nSPS) is 12.1. The third kappa shape index (κ3) is 2.76. The zero-order valence-corrected chi connectivity index (χ0v) is 9.36. The predicted octanol–water partition coefficient (Wildman–Crippen LogP) is 2.43. The lowest BCUT2D eigenvalue weighted by atomic mass is 10.1. The van der Waals surface area contributed by atoms with E-state index in [4.69, 9.17) is 11.2 Å². The van der Waals surface area contributed by atoms with E-state index in [0.717, 1.165) is 18.6 Å². The lowest BCUT2D eigenvalue weighted by Crippen LogP contribution is -2.14. The SMILES string of the molecule is C#CCCC(NC)c1cc(OC)cs1. The Hall–Kier alpha value is -0.980. The molecule has 1 unspecified atom stereocenters. The molecule has 0 saturated heterocycles. The number of hydrogen-bond donors (Lipinski definition) is 1. The van der Waals surface area contributed by atoms with Gasteiger partial charge in [0.2, 0.25) is 0 Å². The van der Waals surface area contributed by atoms with E-state index < -0.39 is 0 Å². The number of methoxy groups -OCH3 is 1. The number of hydrogen-bond acceptors (Lipinski definition) is 3. The number of terminal acetylenes is 1. The second kappa shape index (κ2) is 5.69. The maximum atomic E-state index is 5.24. The van der Waals surface area contributed by atoms with Crippen LogP contribution in [0.1, 0.15) is 23.8 Å². The van der Waals surface area contributed by atoms with E-state index in [1.54, 1.807) is 18.4 Å². The highest BCUT2D eigenvalue weighted by atomic mass is 32.1. The highest BCUT2D eigenvalue weighted by Crippen LogP contribution is 2.28. The summed E-state index contributed by atoms with van der Waals surface area (Å²) in [5, 5.41) is 5.26. The van der Waals surface area contributed by atoms with Crippen molar-refractivity contribution in [2.45, 2.75) is 18.9 Å². The molecule has 1 N–H and O–H groups in total. The number of rotatable bonds is 5. The number of thiophene rings is 1. The van der Waals surface area contributed by atoms with Crippen LogP contribution in [0.2, 0.25) is 0 Å². The molecule has 0 amide bonds. The summed E-state index contributed by atoms with van der Waals surface area (Å²) >= 11 is 1.70. The van der Waals surface area contributed by atoms with E-state index in [1.165, 1.54) is 4.88 Å². The monoisotopic (exact) mass is 209 g/mol. The van der Waals surface area contributed by atoms with Gasteiger partial charge in [-0.15, -0.1) is 23.7 Å². The van der Waals surface area contributed by atoms with Gasteiger partial charge in [-0.2, -0.15) is 0 Å². The summed E-state index contributed by atoms with van der Waals surface area (Å²) in [5.41, 5.74) is 0. The highest BCUT2D eigenvalue weighted by molar-refractivity contribution is 7.10. The molecule has 1 heterocycles. The van der Waals surface area contributed by atoms with Gasteiger partial charge in [0.1, 0.15) is 5.75 Å². The van der Waals surface area contributed by atoms with Crippen molar-refractivity contribution in [2.75, 3.05) is 14.2 Å². The Balaban J connectivity index is 2.64. The number of nitrogens with one attached hydrogen (secondary N) is 1. The predicted molar refractivity (Wildman–Crippen MR) is 60.7 cm³/mol. The molecule has 0 spiro atoms. The van der Waals surface area contributed by atoms with Crippen molar-refractivity contribution in [3.63, 3.8) is 0 Å². The molecule has 0 fully saturated rings. The third-order valence-corrected chi connectivity index (χ3v) is 3.13. The summed E-state index contributed by atoms with van der Waals surface area (Å²) in [6.07, 6.45) is 7.01. The summed E-state index contributed by atoms with van der Waals surface area (Å²) in [4.78, 5) is 1.28. The van der Waals surface area contributed by atoms with Crippen LogP contribution in [0, 0.1) is 12.3 Å². The summed E-state index contributed by atoms with van der Waals surface area (Å²) < 4.78 is 5.14. The fourth-order valence-electron chi connectivity index (χ4n) is 1.28. The molecule has 1 atom stereocenters. The van der Waals surface area contributed by atoms with Gasteiger partial charge in [-0.25, -0.2) is 0 Å². The van der Waals surface area contributed by atoms with E-state index in [2.05, 4.69) is 17.3 Å². The maximum absolute atomic E-state index is 5.24. The zero-order valence-electron chi connectivity index (χ0n) is 8.54. The standard InChI is InChI=1S/C11H15NOS/c1-4-5-6-10(12-2)11-7-9(13-3)8-14-11/h1,7-8,10,12H,5-6H2,2-3H3. The van der Waals surface area contributed by atoms with E-state index in [-0.39, 0.29) is 0 Å².